The summed E-state index contributed by atoms with van der Waals surface area (Å²) in [5.41, 5.74) is 2.88. The molecule has 2 aromatic rings. The normalized spacial score (nSPS) is 14.6. The molecule has 0 saturated carbocycles. The lowest BCUT2D eigenvalue weighted by molar-refractivity contribution is 0.208. The minimum Gasteiger partial charge on any atom is -0.368 e. The molecule has 24 heavy (non-hydrogen) atoms. The number of carbonyl (C=O) groups is 1. The van der Waals surface area contributed by atoms with Gasteiger partial charge in [0.1, 0.15) is 0 Å². The van der Waals surface area contributed by atoms with Crippen molar-refractivity contribution in [3.63, 3.8) is 0 Å². The van der Waals surface area contributed by atoms with Crippen LogP contribution in [-0.2, 0) is 0 Å². The predicted molar refractivity (Wildman–Crippen MR) is 100 cm³/mol. The Balaban J connectivity index is 1.59. The molecule has 1 fully saturated rings. The predicted octanol–water partition coefficient (Wildman–Crippen LogP) is 4.66. The Hall–Kier alpha value is -1.91. The van der Waals surface area contributed by atoms with Crippen molar-refractivity contribution >= 4 is 40.6 Å². The molecule has 1 saturated heterocycles. The van der Waals surface area contributed by atoms with Crippen molar-refractivity contribution in [2.75, 3.05) is 36.4 Å². The maximum Gasteiger partial charge on any atom is 0.321 e. The first kappa shape index (κ1) is 16.9. The summed E-state index contributed by atoms with van der Waals surface area (Å²) in [6.45, 7) is 4.89. The highest BCUT2D eigenvalue weighted by Gasteiger charge is 2.21. The van der Waals surface area contributed by atoms with Crippen molar-refractivity contribution in [3.8, 4) is 0 Å². The largest absolute Gasteiger partial charge is 0.368 e. The fourth-order valence-corrected chi connectivity index (χ4v) is 3.04. The maximum absolute atomic E-state index is 12.5. The minimum atomic E-state index is -0.0869. The number of carbonyl (C=O) groups excluding carboxylic acids is 1. The third-order valence-electron chi connectivity index (χ3n) is 4.20. The van der Waals surface area contributed by atoms with Gasteiger partial charge in [0.15, 0.2) is 0 Å². The van der Waals surface area contributed by atoms with Crippen molar-refractivity contribution in [2.24, 2.45) is 0 Å². The third kappa shape index (κ3) is 3.94. The molecular weight excluding hydrogens is 345 g/mol. The van der Waals surface area contributed by atoms with Gasteiger partial charge in [0.2, 0.25) is 0 Å². The maximum atomic E-state index is 12.5. The molecule has 2 aromatic carbocycles. The molecule has 1 N–H and O–H groups in total. The van der Waals surface area contributed by atoms with Crippen molar-refractivity contribution < 1.29 is 4.79 Å². The number of hydrogen-bond donors (Lipinski definition) is 1. The quantitative estimate of drug-likeness (QED) is 0.842. The van der Waals surface area contributed by atoms with E-state index in [0.29, 0.717) is 18.1 Å². The lowest BCUT2D eigenvalue weighted by Gasteiger charge is -2.36. The molecule has 0 aromatic heterocycles. The molecule has 1 aliphatic rings. The first-order chi connectivity index (χ1) is 11.5. The molecule has 0 radical (unpaired) electrons. The Morgan fingerprint density at radius 2 is 1.58 bits per heavy atom. The molecule has 3 rings (SSSR count). The third-order valence-corrected chi connectivity index (χ3v) is 4.69. The van der Waals surface area contributed by atoms with Crippen LogP contribution in [0.1, 0.15) is 5.56 Å². The number of halogens is 2. The van der Waals surface area contributed by atoms with Gasteiger partial charge in [-0.15, -0.1) is 0 Å². The van der Waals surface area contributed by atoms with E-state index in [1.807, 2.05) is 48.2 Å². The number of aryl methyl sites for hydroxylation is 1. The van der Waals surface area contributed by atoms with E-state index in [9.17, 15) is 4.79 Å². The van der Waals surface area contributed by atoms with Crippen molar-refractivity contribution in [1.82, 2.24) is 4.90 Å². The fourth-order valence-electron chi connectivity index (χ4n) is 2.74. The Bertz CT molecular complexity index is 726. The van der Waals surface area contributed by atoms with Crippen LogP contribution in [0.4, 0.5) is 16.2 Å². The summed E-state index contributed by atoms with van der Waals surface area (Å²) in [4.78, 5) is 16.5. The number of amides is 2. The zero-order valence-corrected chi connectivity index (χ0v) is 14.9. The van der Waals surface area contributed by atoms with Crippen LogP contribution in [0, 0.1) is 6.92 Å². The van der Waals surface area contributed by atoms with Crippen molar-refractivity contribution in [3.05, 3.63) is 58.1 Å². The molecule has 0 bridgehead atoms. The SMILES string of the molecule is Cc1ccc(Cl)cc1NC(=O)N1CCN(c2ccc(Cl)cc2)CC1. The van der Waals surface area contributed by atoms with E-state index in [-0.39, 0.29) is 6.03 Å². The zero-order chi connectivity index (χ0) is 17.1. The van der Waals surface area contributed by atoms with Gasteiger partial charge in [-0.2, -0.15) is 0 Å². The van der Waals surface area contributed by atoms with Crippen LogP contribution in [0.3, 0.4) is 0 Å². The summed E-state index contributed by atoms with van der Waals surface area (Å²) in [6.07, 6.45) is 0. The van der Waals surface area contributed by atoms with Gasteiger partial charge >= 0.3 is 6.03 Å². The highest BCUT2D eigenvalue weighted by Crippen LogP contribution is 2.22. The highest BCUT2D eigenvalue weighted by atomic mass is 35.5. The molecule has 0 aliphatic carbocycles. The summed E-state index contributed by atoms with van der Waals surface area (Å²) in [5, 5.41) is 4.29. The van der Waals surface area contributed by atoms with E-state index in [4.69, 9.17) is 23.2 Å². The average Bonchev–Trinajstić information content (AvgIpc) is 2.59. The lowest BCUT2D eigenvalue weighted by atomic mass is 10.2. The molecule has 0 unspecified atom stereocenters. The smallest absolute Gasteiger partial charge is 0.321 e. The van der Waals surface area contributed by atoms with Crippen molar-refractivity contribution in [1.29, 1.82) is 0 Å². The zero-order valence-electron chi connectivity index (χ0n) is 13.4. The summed E-state index contributed by atoms with van der Waals surface area (Å²) in [5.74, 6) is 0. The van der Waals surface area contributed by atoms with Crippen LogP contribution in [0.5, 0.6) is 0 Å². The van der Waals surface area contributed by atoms with E-state index in [1.165, 1.54) is 0 Å². The molecule has 6 heteroatoms. The van der Waals surface area contributed by atoms with Crippen LogP contribution in [-0.4, -0.2) is 37.1 Å². The van der Waals surface area contributed by atoms with Gasteiger partial charge < -0.3 is 15.1 Å². The van der Waals surface area contributed by atoms with E-state index in [1.54, 1.807) is 6.07 Å². The number of anilines is 2. The Morgan fingerprint density at radius 3 is 2.25 bits per heavy atom. The minimum absolute atomic E-state index is 0.0869. The molecule has 126 valence electrons. The van der Waals surface area contributed by atoms with Gasteiger partial charge in [-0.1, -0.05) is 29.3 Å². The number of urea groups is 1. The Labute approximate surface area is 152 Å². The molecular formula is C18H19Cl2N3O. The van der Waals surface area contributed by atoms with Gasteiger partial charge in [-0.3, -0.25) is 0 Å². The number of benzene rings is 2. The number of piperazine rings is 1. The molecule has 0 spiro atoms. The molecule has 0 atom stereocenters. The highest BCUT2D eigenvalue weighted by molar-refractivity contribution is 6.31. The van der Waals surface area contributed by atoms with E-state index < -0.39 is 0 Å². The molecule has 4 nitrogen and oxygen atoms in total. The Kier molecular flexibility index (Phi) is 5.17. The lowest BCUT2D eigenvalue weighted by Crippen LogP contribution is -2.50. The van der Waals surface area contributed by atoms with Gasteiger partial charge in [0, 0.05) is 47.6 Å². The second-order valence-electron chi connectivity index (χ2n) is 5.84. The standard InChI is InChI=1S/C18H19Cl2N3O/c1-13-2-3-15(20)12-17(13)21-18(24)23-10-8-22(9-11-23)16-6-4-14(19)5-7-16/h2-7,12H,8-11H2,1H3,(H,21,24). The monoisotopic (exact) mass is 363 g/mol. The molecule has 1 aliphatic heterocycles. The van der Waals surface area contributed by atoms with Crippen LogP contribution in [0.2, 0.25) is 10.0 Å². The van der Waals surface area contributed by atoms with Gasteiger partial charge in [-0.25, -0.2) is 4.79 Å². The van der Waals surface area contributed by atoms with Gasteiger partial charge in [0.25, 0.3) is 0 Å². The topological polar surface area (TPSA) is 35.6 Å². The second-order valence-corrected chi connectivity index (χ2v) is 6.71. The van der Waals surface area contributed by atoms with Crippen LogP contribution in [0.15, 0.2) is 42.5 Å². The van der Waals surface area contributed by atoms with Crippen molar-refractivity contribution in [2.45, 2.75) is 6.92 Å². The summed E-state index contributed by atoms with van der Waals surface area (Å²) >= 11 is 11.9. The van der Waals surface area contributed by atoms with Gasteiger partial charge in [0.05, 0.1) is 0 Å². The fraction of sp³-hybridized carbons (Fsp3) is 0.278. The number of hydrogen-bond acceptors (Lipinski definition) is 2. The second kappa shape index (κ2) is 7.32. The average molecular weight is 364 g/mol. The summed E-state index contributed by atoms with van der Waals surface area (Å²) in [6, 6.07) is 13.2. The van der Waals surface area contributed by atoms with Crippen LogP contribution >= 0.6 is 23.2 Å². The first-order valence-corrected chi connectivity index (χ1v) is 8.61. The number of nitrogens with zero attached hydrogens (tertiary/aromatic N) is 2. The van der Waals surface area contributed by atoms with Gasteiger partial charge in [-0.05, 0) is 48.9 Å². The van der Waals surface area contributed by atoms with E-state index in [2.05, 4.69) is 10.2 Å². The van der Waals surface area contributed by atoms with Crippen LogP contribution in [0.25, 0.3) is 0 Å². The summed E-state index contributed by atoms with van der Waals surface area (Å²) in [7, 11) is 0. The Morgan fingerprint density at radius 1 is 0.958 bits per heavy atom. The van der Waals surface area contributed by atoms with E-state index in [0.717, 1.165) is 35.1 Å². The number of rotatable bonds is 2. The molecule has 2 amide bonds. The molecule has 1 heterocycles. The number of nitrogens with one attached hydrogen (secondary N) is 1. The first-order valence-electron chi connectivity index (χ1n) is 7.85. The summed E-state index contributed by atoms with van der Waals surface area (Å²) < 4.78 is 0. The van der Waals surface area contributed by atoms with E-state index >= 15 is 0 Å². The van der Waals surface area contributed by atoms with Crippen LogP contribution < -0.4 is 10.2 Å².